The Morgan fingerprint density at radius 2 is 2.25 bits per heavy atom. The Balaban J connectivity index is 2.81. The highest BCUT2D eigenvalue weighted by molar-refractivity contribution is 8.11. The fourth-order valence-corrected chi connectivity index (χ4v) is 0.810. The van der Waals surface area contributed by atoms with Crippen molar-refractivity contribution in [2.24, 2.45) is 0 Å². The molecule has 2 nitrogen and oxygen atoms in total. The lowest BCUT2D eigenvalue weighted by atomic mass is 10.7. The van der Waals surface area contributed by atoms with Crippen LogP contribution in [0.4, 0.5) is 0 Å². The number of rotatable bonds is 4. The van der Waals surface area contributed by atoms with Crippen LogP contribution in [0.2, 0.25) is 0 Å². The summed E-state index contributed by atoms with van der Waals surface area (Å²) in [7, 11) is 3.96. The summed E-state index contributed by atoms with van der Waals surface area (Å²) < 4.78 is 0. The van der Waals surface area contributed by atoms with Crippen molar-refractivity contribution in [1.82, 2.24) is 4.90 Å². The quantitative estimate of drug-likeness (QED) is 0.515. The molecule has 0 saturated carbocycles. The Morgan fingerprint density at radius 1 is 1.62 bits per heavy atom. The molecule has 0 aromatic rings. The standard InChI is InChI=1S/C5H10NOS/c1-6(2)3-4-8-5-7/h3-4H2,1-2H3. The largest absolute Gasteiger partial charge is 0.309 e. The molecule has 0 N–H and O–H groups in total. The predicted molar refractivity (Wildman–Crippen MR) is 36.7 cm³/mol. The summed E-state index contributed by atoms with van der Waals surface area (Å²) in [5.74, 6) is 0.844. The lowest BCUT2D eigenvalue weighted by Crippen LogP contribution is -2.14. The van der Waals surface area contributed by atoms with Crippen LogP contribution in [-0.2, 0) is 4.79 Å². The fraction of sp³-hybridized carbons (Fsp3) is 0.800. The van der Waals surface area contributed by atoms with Gasteiger partial charge in [-0.1, -0.05) is 11.8 Å². The molecule has 0 bridgehead atoms. The van der Waals surface area contributed by atoms with Crippen molar-refractivity contribution in [1.29, 1.82) is 0 Å². The molecule has 0 heterocycles. The van der Waals surface area contributed by atoms with Crippen molar-refractivity contribution in [2.45, 2.75) is 0 Å². The zero-order valence-electron chi connectivity index (χ0n) is 5.18. The van der Waals surface area contributed by atoms with Crippen molar-refractivity contribution in [3.05, 3.63) is 0 Å². The summed E-state index contributed by atoms with van der Waals surface area (Å²) >= 11 is 1.19. The molecule has 0 amide bonds. The van der Waals surface area contributed by atoms with Gasteiger partial charge in [0.15, 0.2) is 0 Å². The molecule has 0 unspecified atom stereocenters. The van der Waals surface area contributed by atoms with Crippen LogP contribution in [0, 0.1) is 0 Å². The van der Waals surface area contributed by atoms with Gasteiger partial charge in [-0.05, 0) is 14.1 Å². The maximum atomic E-state index is 9.61. The van der Waals surface area contributed by atoms with Gasteiger partial charge in [0.2, 0.25) is 0 Å². The number of hydrogen-bond donors (Lipinski definition) is 0. The van der Waals surface area contributed by atoms with E-state index in [0.717, 1.165) is 12.3 Å². The first-order valence-electron chi connectivity index (χ1n) is 2.41. The van der Waals surface area contributed by atoms with Crippen LogP contribution >= 0.6 is 11.8 Å². The van der Waals surface area contributed by atoms with E-state index in [4.69, 9.17) is 0 Å². The van der Waals surface area contributed by atoms with Gasteiger partial charge in [0.1, 0.15) is 0 Å². The summed E-state index contributed by atoms with van der Waals surface area (Å²) in [6, 6.07) is 0. The number of nitrogens with zero attached hydrogens (tertiary/aromatic N) is 1. The highest BCUT2D eigenvalue weighted by Crippen LogP contribution is 1.91. The van der Waals surface area contributed by atoms with E-state index in [0.29, 0.717) is 0 Å². The lowest BCUT2D eigenvalue weighted by molar-refractivity contribution is 0.437. The van der Waals surface area contributed by atoms with Gasteiger partial charge in [-0.3, -0.25) is 4.79 Å². The maximum Gasteiger partial charge on any atom is 0.266 e. The Morgan fingerprint density at radius 3 is 2.62 bits per heavy atom. The average Bonchev–Trinajstić information content (AvgIpc) is 1.66. The molecule has 0 saturated heterocycles. The highest BCUT2D eigenvalue weighted by Gasteiger charge is 1.87. The van der Waals surface area contributed by atoms with E-state index in [1.54, 1.807) is 5.62 Å². The first kappa shape index (κ1) is 7.98. The second kappa shape index (κ2) is 5.12. The van der Waals surface area contributed by atoms with Gasteiger partial charge in [-0.15, -0.1) is 0 Å². The van der Waals surface area contributed by atoms with Gasteiger partial charge in [0.25, 0.3) is 5.62 Å². The zero-order chi connectivity index (χ0) is 6.41. The molecule has 0 aromatic heterocycles. The molecule has 47 valence electrons. The third kappa shape index (κ3) is 5.98. The normalized spacial score (nSPS) is 9.88. The molecule has 0 fully saturated rings. The molecule has 0 aliphatic heterocycles. The maximum absolute atomic E-state index is 9.61. The molecule has 0 aromatic carbocycles. The Labute approximate surface area is 54.2 Å². The highest BCUT2D eigenvalue weighted by atomic mass is 32.2. The molecule has 0 aliphatic carbocycles. The van der Waals surface area contributed by atoms with Crippen LogP contribution < -0.4 is 0 Å². The molecule has 0 spiro atoms. The van der Waals surface area contributed by atoms with Crippen LogP contribution in [-0.4, -0.2) is 36.9 Å². The van der Waals surface area contributed by atoms with Crippen molar-refractivity contribution in [3.8, 4) is 0 Å². The van der Waals surface area contributed by atoms with Crippen LogP contribution in [0.15, 0.2) is 0 Å². The summed E-state index contributed by atoms with van der Waals surface area (Å²) in [4.78, 5) is 11.6. The third-order valence-electron chi connectivity index (χ3n) is 0.699. The van der Waals surface area contributed by atoms with Gasteiger partial charge in [-0.2, -0.15) is 0 Å². The minimum absolute atomic E-state index is 0.844. The molecule has 1 radical (unpaired) electrons. The summed E-state index contributed by atoms with van der Waals surface area (Å²) in [6.07, 6.45) is 0. The fourth-order valence-electron chi connectivity index (χ4n) is 0.270. The molecular weight excluding hydrogens is 122 g/mol. The first-order chi connectivity index (χ1) is 3.77. The van der Waals surface area contributed by atoms with Gasteiger partial charge >= 0.3 is 0 Å². The molecule has 0 rings (SSSR count). The van der Waals surface area contributed by atoms with Crippen LogP contribution in [0.25, 0.3) is 0 Å². The van der Waals surface area contributed by atoms with E-state index >= 15 is 0 Å². The molecular formula is C5H10NOS. The Bertz CT molecular complexity index is 65.4. The van der Waals surface area contributed by atoms with Crippen molar-refractivity contribution < 1.29 is 4.79 Å². The second-order valence-electron chi connectivity index (χ2n) is 1.74. The number of carbonyl (C=O) groups excluding carboxylic acids is 1. The second-order valence-corrected chi connectivity index (χ2v) is 2.60. The third-order valence-corrected chi connectivity index (χ3v) is 1.20. The lowest BCUT2D eigenvalue weighted by Gasteiger charge is -2.04. The van der Waals surface area contributed by atoms with Crippen molar-refractivity contribution >= 4 is 17.4 Å². The van der Waals surface area contributed by atoms with Gasteiger partial charge in [0.05, 0.1) is 0 Å². The summed E-state index contributed by atoms with van der Waals surface area (Å²) in [5, 5.41) is 0. The Hall–Kier alpha value is -0.0200. The molecule has 8 heavy (non-hydrogen) atoms. The number of thioether (sulfide) groups is 1. The topological polar surface area (TPSA) is 20.3 Å². The van der Waals surface area contributed by atoms with E-state index in [-0.39, 0.29) is 0 Å². The SMILES string of the molecule is CN(C)CCS[C]=O. The molecule has 3 heteroatoms. The molecule has 0 aliphatic rings. The van der Waals surface area contributed by atoms with Crippen LogP contribution in [0.5, 0.6) is 0 Å². The van der Waals surface area contributed by atoms with E-state index in [1.807, 2.05) is 19.0 Å². The van der Waals surface area contributed by atoms with E-state index in [2.05, 4.69) is 0 Å². The van der Waals surface area contributed by atoms with E-state index in [1.165, 1.54) is 11.8 Å². The van der Waals surface area contributed by atoms with Gasteiger partial charge < -0.3 is 4.90 Å². The first-order valence-corrected chi connectivity index (χ1v) is 3.39. The van der Waals surface area contributed by atoms with Crippen molar-refractivity contribution in [3.63, 3.8) is 0 Å². The summed E-state index contributed by atoms with van der Waals surface area (Å²) in [5.41, 5.74) is 1.76. The van der Waals surface area contributed by atoms with Crippen LogP contribution in [0.1, 0.15) is 0 Å². The zero-order valence-corrected chi connectivity index (χ0v) is 5.99. The van der Waals surface area contributed by atoms with Crippen molar-refractivity contribution in [2.75, 3.05) is 26.4 Å². The van der Waals surface area contributed by atoms with E-state index < -0.39 is 0 Å². The molecule has 0 atom stereocenters. The Kier molecular flexibility index (Phi) is 5.11. The van der Waals surface area contributed by atoms with Gasteiger partial charge in [-0.25, -0.2) is 0 Å². The minimum atomic E-state index is 0.844. The van der Waals surface area contributed by atoms with E-state index in [9.17, 15) is 4.79 Å². The minimum Gasteiger partial charge on any atom is -0.309 e. The van der Waals surface area contributed by atoms with Gasteiger partial charge in [0, 0.05) is 12.3 Å². The average molecular weight is 132 g/mol. The van der Waals surface area contributed by atoms with Crippen LogP contribution in [0.3, 0.4) is 0 Å². The monoisotopic (exact) mass is 132 g/mol. The smallest absolute Gasteiger partial charge is 0.266 e. The predicted octanol–water partition coefficient (Wildman–Crippen LogP) is 0.348. The summed E-state index contributed by atoms with van der Waals surface area (Å²) in [6.45, 7) is 0.944. The number of hydrogen-bond acceptors (Lipinski definition) is 3.